The average Bonchev–Trinajstić information content (AvgIpc) is 3.15. The van der Waals surface area contributed by atoms with Gasteiger partial charge in [0, 0.05) is 13.0 Å². The number of rotatable bonds is 3. The highest BCUT2D eigenvalue weighted by Gasteiger charge is 2.34. The predicted molar refractivity (Wildman–Crippen MR) is 82.4 cm³/mol. The van der Waals surface area contributed by atoms with Crippen molar-refractivity contribution in [1.29, 1.82) is 0 Å². The molecule has 0 saturated carbocycles. The van der Waals surface area contributed by atoms with E-state index in [0.29, 0.717) is 17.0 Å². The number of hydrogen-bond donors (Lipinski definition) is 2. The summed E-state index contributed by atoms with van der Waals surface area (Å²) >= 11 is 0. The van der Waals surface area contributed by atoms with Crippen molar-refractivity contribution in [3.8, 4) is 0 Å². The Labute approximate surface area is 134 Å². The predicted octanol–water partition coefficient (Wildman–Crippen LogP) is 1.85. The normalized spacial score (nSPS) is 17.7. The van der Waals surface area contributed by atoms with Crippen LogP contribution in [-0.4, -0.2) is 38.4 Å². The third-order valence-corrected chi connectivity index (χ3v) is 3.90. The summed E-state index contributed by atoms with van der Waals surface area (Å²) in [5.74, 6) is -1.39. The topological polar surface area (TPSA) is 86.8 Å². The number of H-pyrrole nitrogens is 1. The molecule has 2 N–H and O–H groups in total. The Hall–Kier alpha value is -3.10. The lowest BCUT2D eigenvalue weighted by atomic mass is 10.2. The van der Waals surface area contributed by atoms with Crippen LogP contribution in [0.4, 0.5) is 20.3 Å². The first-order valence-corrected chi connectivity index (χ1v) is 7.28. The number of nitrogens with zero attached hydrogens (tertiary/aromatic N) is 4. The van der Waals surface area contributed by atoms with Gasteiger partial charge in [0.2, 0.25) is 5.91 Å². The van der Waals surface area contributed by atoms with E-state index < -0.39 is 11.6 Å². The Morgan fingerprint density at radius 1 is 1.21 bits per heavy atom. The van der Waals surface area contributed by atoms with Crippen LogP contribution < -0.4 is 10.2 Å². The van der Waals surface area contributed by atoms with Gasteiger partial charge in [0.15, 0.2) is 11.5 Å². The second-order valence-corrected chi connectivity index (χ2v) is 5.44. The zero-order valence-corrected chi connectivity index (χ0v) is 12.3. The lowest BCUT2D eigenvalue weighted by molar-refractivity contribution is -0.117. The van der Waals surface area contributed by atoms with E-state index in [0.717, 1.165) is 17.0 Å². The fourth-order valence-corrected chi connectivity index (χ4v) is 2.84. The van der Waals surface area contributed by atoms with Gasteiger partial charge in [-0.25, -0.2) is 23.7 Å². The number of fused-ring (bicyclic) bond motifs is 1. The highest BCUT2D eigenvalue weighted by atomic mass is 19.1. The van der Waals surface area contributed by atoms with Crippen LogP contribution in [0.3, 0.4) is 0 Å². The maximum Gasteiger partial charge on any atom is 0.229 e. The van der Waals surface area contributed by atoms with Gasteiger partial charge in [-0.05, 0) is 12.1 Å². The highest BCUT2D eigenvalue weighted by Crippen LogP contribution is 2.29. The summed E-state index contributed by atoms with van der Waals surface area (Å²) in [6.45, 7) is 0.135. The van der Waals surface area contributed by atoms with E-state index in [1.807, 2.05) is 0 Å². The van der Waals surface area contributed by atoms with Gasteiger partial charge in [-0.15, -0.1) is 0 Å². The Morgan fingerprint density at radius 3 is 2.79 bits per heavy atom. The van der Waals surface area contributed by atoms with Crippen LogP contribution >= 0.6 is 0 Å². The minimum atomic E-state index is -0.762. The van der Waals surface area contributed by atoms with Crippen LogP contribution in [-0.2, 0) is 4.79 Å². The van der Waals surface area contributed by atoms with E-state index in [1.165, 1.54) is 18.7 Å². The van der Waals surface area contributed by atoms with E-state index >= 15 is 0 Å². The largest absolute Gasteiger partial charge is 0.363 e. The lowest BCUT2D eigenvalue weighted by Crippen LogP contribution is -2.29. The molecule has 4 rings (SSSR count). The van der Waals surface area contributed by atoms with Crippen molar-refractivity contribution < 1.29 is 13.6 Å². The first-order valence-electron chi connectivity index (χ1n) is 7.28. The van der Waals surface area contributed by atoms with Crippen molar-refractivity contribution in [3.63, 3.8) is 0 Å². The SMILES string of the molecule is O=C1CC(Nc2ncnc3nc[nH]c23)CN1c1c(F)cccc1F. The van der Waals surface area contributed by atoms with E-state index in [2.05, 4.69) is 25.3 Å². The standard InChI is InChI=1S/C15H12F2N6O/c16-9-2-1-3-10(17)13(9)23-5-8(4-11(23)24)22-15-12-14(19-6-18-12)20-7-21-15/h1-3,6-8H,4-5H2,(H2,18,19,20,21,22). The summed E-state index contributed by atoms with van der Waals surface area (Å²) < 4.78 is 27.8. The molecule has 24 heavy (non-hydrogen) atoms. The van der Waals surface area contributed by atoms with Crippen molar-refractivity contribution >= 4 is 28.6 Å². The van der Waals surface area contributed by atoms with Gasteiger partial charge in [0.25, 0.3) is 0 Å². The quantitative estimate of drug-likeness (QED) is 0.765. The number of hydrogen-bond acceptors (Lipinski definition) is 5. The molecule has 7 nitrogen and oxygen atoms in total. The molecule has 3 aromatic rings. The number of benzene rings is 1. The van der Waals surface area contributed by atoms with E-state index in [9.17, 15) is 13.6 Å². The van der Waals surface area contributed by atoms with Gasteiger partial charge < -0.3 is 15.2 Å². The second kappa shape index (κ2) is 5.52. The second-order valence-electron chi connectivity index (χ2n) is 5.44. The third-order valence-electron chi connectivity index (χ3n) is 3.90. The molecule has 3 heterocycles. The van der Waals surface area contributed by atoms with Crippen LogP contribution in [0, 0.1) is 11.6 Å². The Kier molecular flexibility index (Phi) is 3.33. The molecule has 2 aromatic heterocycles. The minimum Gasteiger partial charge on any atom is -0.363 e. The number of carbonyl (C=O) groups is 1. The molecule has 1 amide bonds. The molecule has 0 bridgehead atoms. The van der Waals surface area contributed by atoms with E-state index in [1.54, 1.807) is 0 Å². The number of para-hydroxylation sites is 1. The number of carbonyl (C=O) groups excluding carboxylic acids is 1. The highest BCUT2D eigenvalue weighted by molar-refractivity contribution is 5.97. The first kappa shape index (κ1) is 14.5. The van der Waals surface area contributed by atoms with Crippen molar-refractivity contribution in [1.82, 2.24) is 19.9 Å². The number of imidazole rings is 1. The molecule has 1 aliphatic heterocycles. The van der Waals surface area contributed by atoms with Crippen molar-refractivity contribution in [3.05, 3.63) is 42.5 Å². The van der Waals surface area contributed by atoms with Gasteiger partial charge in [-0.2, -0.15) is 0 Å². The number of anilines is 2. The van der Waals surface area contributed by atoms with Crippen molar-refractivity contribution in [2.75, 3.05) is 16.8 Å². The summed E-state index contributed by atoms with van der Waals surface area (Å²) in [5.41, 5.74) is 0.787. The zero-order valence-electron chi connectivity index (χ0n) is 12.3. The number of nitrogens with one attached hydrogen (secondary N) is 2. The van der Waals surface area contributed by atoms with Crippen molar-refractivity contribution in [2.24, 2.45) is 0 Å². The Morgan fingerprint density at radius 2 is 2.00 bits per heavy atom. The van der Waals surface area contributed by atoms with Crippen LogP contribution in [0.15, 0.2) is 30.9 Å². The summed E-state index contributed by atoms with van der Waals surface area (Å²) in [7, 11) is 0. The molecule has 122 valence electrons. The average molecular weight is 330 g/mol. The molecule has 0 aliphatic carbocycles. The number of aromatic amines is 1. The molecule has 1 unspecified atom stereocenters. The minimum absolute atomic E-state index is 0.105. The molecule has 1 aliphatic rings. The van der Waals surface area contributed by atoms with Gasteiger partial charge in [-0.1, -0.05) is 6.07 Å². The Bertz CT molecular complexity index is 907. The van der Waals surface area contributed by atoms with E-state index in [-0.39, 0.29) is 30.6 Å². The summed E-state index contributed by atoms with van der Waals surface area (Å²) in [4.78, 5) is 28.4. The lowest BCUT2D eigenvalue weighted by Gasteiger charge is -2.18. The molecule has 1 saturated heterocycles. The summed E-state index contributed by atoms with van der Waals surface area (Å²) in [5, 5.41) is 3.11. The fraction of sp³-hybridized carbons (Fsp3) is 0.200. The third kappa shape index (κ3) is 2.34. The van der Waals surface area contributed by atoms with Gasteiger partial charge in [0.05, 0.1) is 12.4 Å². The molecule has 1 aromatic carbocycles. The van der Waals surface area contributed by atoms with Crippen LogP contribution in [0.25, 0.3) is 11.2 Å². The molecular weight excluding hydrogens is 318 g/mol. The number of halogens is 2. The van der Waals surface area contributed by atoms with Crippen LogP contribution in [0.2, 0.25) is 0 Å². The smallest absolute Gasteiger partial charge is 0.229 e. The molecule has 0 spiro atoms. The monoisotopic (exact) mass is 330 g/mol. The molecule has 9 heteroatoms. The molecular formula is C15H12F2N6O. The summed E-state index contributed by atoms with van der Waals surface area (Å²) in [6, 6.07) is 3.19. The summed E-state index contributed by atoms with van der Waals surface area (Å²) in [6.07, 6.45) is 2.95. The van der Waals surface area contributed by atoms with Gasteiger partial charge >= 0.3 is 0 Å². The molecule has 1 fully saturated rings. The van der Waals surface area contributed by atoms with Gasteiger partial charge in [0.1, 0.15) is 29.2 Å². The van der Waals surface area contributed by atoms with E-state index in [4.69, 9.17) is 0 Å². The van der Waals surface area contributed by atoms with Gasteiger partial charge in [-0.3, -0.25) is 4.79 Å². The molecule has 1 atom stereocenters. The zero-order chi connectivity index (χ0) is 16.7. The first-order chi connectivity index (χ1) is 11.6. The van der Waals surface area contributed by atoms with Crippen molar-refractivity contribution in [2.45, 2.75) is 12.5 Å². The van der Waals surface area contributed by atoms with Crippen LogP contribution in [0.1, 0.15) is 6.42 Å². The molecule has 0 radical (unpaired) electrons. The Balaban J connectivity index is 1.59. The maximum absolute atomic E-state index is 13.9. The van der Waals surface area contributed by atoms with Crippen LogP contribution in [0.5, 0.6) is 0 Å². The number of amides is 1. The maximum atomic E-state index is 13.9. The fourth-order valence-electron chi connectivity index (χ4n) is 2.84. The number of aromatic nitrogens is 4.